The topological polar surface area (TPSA) is 30.7 Å². The Kier molecular flexibility index (Phi) is 7.17. The molecule has 2 heterocycles. The molecule has 0 spiro atoms. The maximum absolute atomic E-state index is 5.18. The van der Waals surface area contributed by atoms with Crippen molar-refractivity contribution >= 4 is 54.1 Å². The highest BCUT2D eigenvalue weighted by Crippen LogP contribution is 2.44. The van der Waals surface area contributed by atoms with Crippen LogP contribution >= 0.6 is 0 Å². The van der Waals surface area contributed by atoms with Gasteiger partial charge >= 0.3 is 0 Å². The summed E-state index contributed by atoms with van der Waals surface area (Å²) in [5.41, 5.74) is 10.7. The standard InChI is InChI=1S/C52H33N3/c1-3-15-34(16-4-1)39-20-9-10-22-41(39)47-33-46(53-52(54-47)37-18-5-2-6-19-37)36-27-30-38(31-28-36)55-48-26-14-13-25-44(48)50-43-24-12-11-23-42(43)49-40-21-8-7-17-35(40)29-32-45(49)51(50)55/h1-33H. The predicted octanol–water partition coefficient (Wildman–Crippen LogP) is 13.7. The number of hydrogen-bond donors (Lipinski definition) is 0. The van der Waals surface area contributed by atoms with Gasteiger partial charge in [-0.2, -0.15) is 0 Å². The van der Waals surface area contributed by atoms with Gasteiger partial charge in [-0.15, -0.1) is 0 Å². The van der Waals surface area contributed by atoms with Crippen LogP contribution in [0.3, 0.4) is 0 Å². The number of nitrogens with zero attached hydrogens (tertiary/aromatic N) is 3. The van der Waals surface area contributed by atoms with Crippen molar-refractivity contribution in [2.24, 2.45) is 0 Å². The largest absolute Gasteiger partial charge is 0.309 e. The number of rotatable bonds is 5. The van der Waals surface area contributed by atoms with Crippen LogP contribution in [0.1, 0.15) is 0 Å². The highest BCUT2D eigenvalue weighted by Gasteiger charge is 2.20. The predicted molar refractivity (Wildman–Crippen MR) is 231 cm³/mol. The molecule has 55 heavy (non-hydrogen) atoms. The lowest BCUT2D eigenvalue weighted by Crippen LogP contribution is -1.98. The lowest BCUT2D eigenvalue weighted by Gasteiger charge is -2.15. The lowest BCUT2D eigenvalue weighted by atomic mass is 9.93. The van der Waals surface area contributed by atoms with Gasteiger partial charge in [0.05, 0.1) is 22.4 Å². The molecule has 2 aromatic heterocycles. The maximum atomic E-state index is 5.18. The molecule has 0 aliphatic heterocycles. The Labute approximate surface area is 318 Å². The third kappa shape index (κ3) is 5.05. The molecule has 0 saturated carbocycles. The number of hydrogen-bond acceptors (Lipinski definition) is 2. The van der Waals surface area contributed by atoms with Gasteiger partial charge in [0.25, 0.3) is 0 Å². The van der Waals surface area contributed by atoms with Gasteiger partial charge in [0.2, 0.25) is 0 Å². The molecule has 11 rings (SSSR count). The molecular weight excluding hydrogens is 667 g/mol. The minimum atomic E-state index is 0.702. The van der Waals surface area contributed by atoms with Gasteiger partial charge in [-0.05, 0) is 62.3 Å². The smallest absolute Gasteiger partial charge is 0.160 e. The van der Waals surface area contributed by atoms with Crippen LogP contribution in [0.5, 0.6) is 0 Å². The molecule has 0 fully saturated rings. The molecule has 0 aliphatic carbocycles. The first-order valence-corrected chi connectivity index (χ1v) is 18.8. The molecule has 0 saturated heterocycles. The third-order valence-corrected chi connectivity index (χ3v) is 11.0. The highest BCUT2D eigenvalue weighted by molar-refractivity contribution is 6.36. The van der Waals surface area contributed by atoms with Gasteiger partial charge in [-0.1, -0.05) is 176 Å². The molecule has 11 aromatic rings. The monoisotopic (exact) mass is 699 g/mol. The summed E-state index contributed by atoms with van der Waals surface area (Å²) in [4.78, 5) is 10.4. The molecule has 0 bridgehead atoms. The fourth-order valence-corrected chi connectivity index (χ4v) is 8.52. The van der Waals surface area contributed by atoms with Crippen LogP contribution < -0.4 is 0 Å². The normalized spacial score (nSPS) is 11.6. The van der Waals surface area contributed by atoms with Crippen molar-refractivity contribution in [3.05, 3.63) is 200 Å². The van der Waals surface area contributed by atoms with Gasteiger partial charge in [-0.3, -0.25) is 0 Å². The fourth-order valence-electron chi connectivity index (χ4n) is 8.52. The van der Waals surface area contributed by atoms with Crippen LogP contribution in [-0.2, 0) is 0 Å². The second-order valence-corrected chi connectivity index (χ2v) is 14.1. The van der Waals surface area contributed by atoms with Crippen LogP contribution in [0.25, 0.3) is 105 Å². The van der Waals surface area contributed by atoms with E-state index in [4.69, 9.17) is 9.97 Å². The number of fused-ring (bicyclic) bond motifs is 10. The van der Waals surface area contributed by atoms with Crippen molar-refractivity contribution in [1.82, 2.24) is 14.5 Å². The van der Waals surface area contributed by atoms with Crippen molar-refractivity contribution < 1.29 is 0 Å². The van der Waals surface area contributed by atoms with Crippen LogP contribution in [0.15, 0.2) is 200 Å². The zero-order valence-electron chi connectivity index (χ0n) is 29.9. The van der Waals surface area contributed by atoms with E-state index in [0.29, 0.717) is 5.82 Å². The molecule has 0 amide bonds. The lowest BCUT2D eigenvalue weighted by molar-refractivity contribution is 1.17. The molecule has 256 valence electrons. The number of aromatic nitrogens is 3. The van der Waals surface area contributed by atoms with Crippen LogP contribution in [-0.4, -0.2) is 14.5 Å². The zero-order valence-corrected chi connectivity index (χ0v) is 29.9. The molecular formula is C52H33N3. The molecule has 0 unspecified atom stereocenters. The van der Waals surface area contributed by atoms with Gasteiger partial charge < -0.3 is 4.57 Å². The molecule has 9 aromatic carbocycles. The number of para-hydroxylation sites is 1. The quantitative estimate of drug-likeness (QED) is 0.167. The summed E-state index contributed by atoms with van der Waals surface area (Å²) in [7, 11) is 0. The van der Waals surface area contributed by atoms with E-state index in [1.165, 1.54) is 54.1 Å². The van der Waals surface area contributed by atoms with E-state index in [1.807, 2.05) is 18.2 Å². The van der Waals surface area contributed by atoms with E-state index in [0.717, 1.165) is 44.9 Å². The van der Waals surface area contributed by atoms with E-state index in [2.05, 4.69) is 187 Å². The van der Waals surface area contributed by atoms with E-state index in [9.17, 15) is 0 Å². The summed E-state index contributed by atoms with van der Waals surface area (Å²) in [6, 6.07) is 71.4. The summed E-state index contributed by atoms with van der Waals surface area (Å²) in [5, 5.41) is 10.1. The second-order valence-electron chi connectivity index (χ2n) is 14.1. The van der Waals surface area contributed by atoms with Crippen molar-refractivity contribution in [2.75, 3.05) is 0 Å². The molecule has 0 N–H and O–H groups in total. The van der Waals surface area contributed by atoms with Gasteiger partial charge in [-0.25, -0.2) is 9.97 Å². The maximum Gasteiger partial charge on any atom is 0.160 e. The summed E-state index contributed by atoms with van der Waals surface area (Å²) < 4.78 is 2.45. The molecule has 3 heteroatoms. The SMILES string of the molecule is c1ccc(-c2nc(-c3ccc(-n4c5ccccc5c5c6ccccc6c6c7ccccc7ccc6c54)cc3)cc(-c3ccccc3-c3ccccc3)n2)cc1. The van der Waals surface area contributed by atoms with Crippen LogP contribution in [0, 0.1) is 0 Å². The van der Waals surface area contributed by atoms with Crippen molar-refractivity contribution in [3.8, 4) is 50.7 Å². The zero-order chi connectivity index (χ0) is 36.3. The summed E-state index contributed by atoms with van der Waals surface area (Å²) >= 11 is 0. The second kappa shape index (κ2) is 12.6. The Morgan fingerprint density at radius 2 is 0.927 bits per heavy atom. The Balaban J connectivity index is 1.13. The Hall–Kier alpha value is -7.36. The first-order valence-electron chi connectivity index (χ1n) is 18.8. The Morgan fingerprint density at radius 3 is 1.69 bits per heavy atom. The minimum absolute atomic E-state index is 0.702. The molecule has 0 aliphatic rings. The minimum Gasteiger partial charge on any atom is -0.309 e. The summed E-state index contributed by atoms with van der Waals surface area (Å²) in [6.45, 7) is 0. The van der Waals surface area contributed by atoms with Crippen LogP contribution in [0.4, 0.5) is 0 Å². The average molecular weight is 700 g/mol. The van der Waals surface area contributed by atoms with Gasteiger partial charge in [0.1, 0.15) is 0 Å². The van der Waals surface area contributed by atoms with Crippen molar-refractivity contribution in [2.45, 2.75) is 0 Å². The van der Waals surface area contributed by atoms with Gasteiger partial charge in [0, 0.05) is 38.5 Å². The van der Waals surface area contributed by atoms with E-state index >= 15 is 0 Å². The van der Waals surface area contributed by atoms with Crippen molar-refractivity contribution in [3.63, 3.8) is 0 Å². The molecule has 3 nitrogen and oxygen atoms in total. The van der Waals surface area contributed by atoms with Gasteiger partial charge in [0.15, 0.2) is 5.82 Å². The third-order valence-electron chi connectivity index (χ3n) is 11.0. The summed E-state index contributed by atoms with van der Waals surface area (Å²) in [6.07, 6.45) is 0. The van der Waals surface area contributed by atoms with E-state index in [1.54, 1.807) is 0 Å². The fraction of sp³-hybridized carbons (Fsp3) is 0. The molecule has 0 atom stereocenters. The van der Waals surface area contributed by atoms with E-state index in [-0.39, 0.29) is 0 Å². The first-order chi connectivity index (χ1) is 27.3. The average Bonchev–Trinajstić information content (AvgIpc) is 3.62. The van der Waals surface area contributed by atoms with E-state index < -0.39 is 0 Å². The van der Waals surface area contributed by atoms with Crippen molar-refractivity contribution in [1.29, 1.82) is 0 Å². The van der Waals surface area contributed by atoms with Crippen LogP contribution in [0.2, 0.25) is 0 Å². The Morgan fingerprint density at radius 1 is 0.345 bits per heavy atom. The number of benzene rings is 9. The Bertz CT molecular complexity index is 3230. The summed E-state index contributed by atoms with van der Waals surface area (Å²) in [5.74, 6) is 0.702. The molecule has 0 radical (unpaired) electrons. The first kappa shape index (κ1) is 31.2. The highest BCUT2D eigenvalue weighted by atomic mass is 15.0.